The molecular weight excluding hydrogens is 254 g/mol. The highest BCUT2D eigenvalue weighted by Crippen LogP contribution is 2.26. The number of benzene rings is 1. The molecule has 5 heteroatoms. The van der Waals surface area contributed by atoms with Gasteiger partial charge in [0.25, 0.3) is 0 Å². The number of ether oxygens (including phenoxy) is 1. The van der Waals surface area contributed by atoms with Crippen molar-refractivity contribution in [2.75, 3.05) is 19.0 Å². The van der Waals surface area contributed by atoms with Gasteiger partial charge in [-0.15, -0.1) is 0 Å². The van der Waals surface area contributed by atoms with Crippen LogP contribution >= 0.6 is 0 Å². The molecule has 1 aliphatic heterocycles. The minimum atomic E-state index is 0.124. The fourth-order valence-corrected chi connectivity index (χ4v) is 2.45. The number of piperidine rings is 1. The molecule has 0 spiro atoms. The number of fused-ring (bicyclic) bond motifs is 1. The third-order valence-electron chi connectivity index (χ3n) is 3.58. The molecule has 104 valence electrons. The van der Waals surface area contributed by atoms with Gasteiger partial charge in [-0.25, -0.2) is 4.98 Å². The van der Waals surface area contributed by atoms with E-state index in [2.05, 4.69) is 15.6 Å². The summed E-state index contributed by atoms with van der Waals surface area (Å²) in [5.41, 5.74) is 0. The molecule has 2 heterocycles. The number of hydrogen-bond acceptors (Lipinski definition) is 4. The Morgan fingerprint density at radius 1 is 1.40 bits per heavy atom. The van der Waals surface area contributed by atoms with Crippen LogP contribution in [0.2, 0.25) is 0 Å². The van der Waals surface area contributed by atoms with E-state index in [4.69, 9.17) is 4.74 Å². The van der Waals surface area contributed by atoms with Crippen LogP contribution in [0.1, 0.15) is 12.8 Å². The smallest absolute Gasteiger partial charge is 0.220 e. The van der Waals surface area contributed by atoms with Crippen molar-refractivity contribution in [3.63, 3.8) is 0 Å². The lowest BCUT2D eigenvalue weighted by Crippen LogP contribution is -2.42. The van der Waals surface area contributed by atoms with E-state index in [1.165, 1.54) is 0 Å². The van der Waals surface area contributed by atoms with Crippen LogP contribution in [0.5, 0.6) is 5.75 Å². The lowest BCUT2D eigenvalue weighted by Gasteiger charge is -2.24. The molecule has 1 aromatic carbocycles. The monoisotopic (exact) mass is 271 g/mol. The molecule has 2 aromatic rings. The van der Waals surface area contributed by atoms with E-state index >= 15 is 0 Å². The number of nitrogens with one attached hydrogen (secondary N) is 2. The Labute approximate surface area is 117 Å². The predicted octanol–water partition coefficient (Wildman–Crippen LogP) is 1.93. The first-order valence-electron chi connectivity index (χ1n) is 6.72. The molecule has 0 radical (unpaired) electrons. The summed E-state index contributed by atoms with van der Waals surface area (Å²) in [6, 6.07) is 8.12. The van der Waals surface area contributed by atoms with Gasteiger partial charge in [0, 0.05) is 30.6 Å². The lowest BCUT2D eigenvalue weighted by molar-refractivity contribution is -0.122. The zero-order chi connectivity index (χ0) is 13.9. The highest BCUT2D eigenvalue weighted by atomic mass is 16.5. The number of hydrogen-bond donors (Lipinski definition) is 2. The number of nitrogens with zero attached hydrogens (tertiary/aromatic N) is 1. The van der Waals surface area contributed by atoms with Gasteiger partial charge in [-0.3, -0.25) is 4.79 Å². The summed E-state index contributed by atoms with van der Waals surface area (Å²) < 4.78 is 5.24. The van der Waals surface area contributed by atoms with Gasteiger partial charge in [0.1, 0.15) is 11.6 Å². The summed E-state index contributed by atoms with van der Waals surface area (Å²) >= 11 is 0. The SMILES string of the molecule is COc1ccc2c(NC3CCC(=O)NC3)nccc2c1. The maximum absolute atomic E-state index is 11.2. The van der Waals surface area contributed by atoms with Crippen molar-refractivity contribution in [2.45, 2.75) is 18.9 Å². The van der Waals surface area contributed by atoms with Crippen LogP contribution in [0, 0.1) is 0 Å². The first kappa shape index (κ1) is 12.7. The molecule has 20 heavy (non-hydrogen) atoms. The Bertz CT molecular complexity index is 632. The molecule has 3 rings (SSSR count). The van der Waals surface area contributed by atoms with Crippen LogP contribution in [0.3, 0.4) is 0 Å². The van der Waals surface area contributed by atoms with Crippen LogP contribution in [-0.4, -0.2) is 30.6 Å². The zero-order valence-electron chi connectivity index (χ0n) is 11.3. The molecule has 1 aliphatic rings. The number of carbonyl (C=O) groups excluding carboxylic acids is 1. The molecule has 2 N–H and O–H groups in total. The zero-order valence-corrected chi connectivity index (χ0v) is 11.3. The van der Waals surface area contributed by atoms with Gasteiger partial charge in [0.05, 0.1) is 7.11 Å². The molecule has 1 saturated heterocycles. The van der Waals surface area contributed by atoms with Crippen LogP contribution in [0.4, 0.5) is 5.82 Å². The average molecular weight is 271 g/mol. The van der Waals surface area contributed by atoms with E-state index in [0.29, 0.717) is 13.0 Å². The number of anilines is 1. The Balaban J connectivity index is 1.86. The second kappa shape index (κ2) is 5.36. The molecule has 1 fully saturated rings. The van der Waals surface area contributed by atoms with Crippen LogP contribution < -0.4 is 15.4 Å². The lowest BCUT2D eigenvalue weighted by atomic mass is 10.1. The minimum absolute atomic E-state index is 0.124. The van der Waals surface area contributed by atoms with Crippen molar-refractivity contribution in [2.24, 2.45) is 0 Å². The number of rotatable bonds is 3. The summed E-state index contributed by atoms with van der Waals surface area (Å²) in [5, 5.41) is 8.43. The van der Waals surface area contributed by atoms with Crippen molar-refractivity contribution in [3.8, 4) is 5.75 Å². The van der Waals surface area contributed by atoms with Gasteiger partial charge in [-0.2, -0.15) is 0 Å². The van der Waals surface area contributed by atoms with Gasteiger partial charge in [0.15, 0.2) is 0 Å². The molecule has 1 amide bonds. The maximum Gasteiger partial charge on any atom is 0.220 e. The number of pyridine rings is 1. The van der Waals surface area contributed by atoms with Crippen molar-refractivity contribution in [3.05, 3.63) is 30.5 Å². The molecule has 5 nitrogen and oxygen atoms in total. The summed E-state index contributed by atoms with van der Waals surface area (Å²) in [4.78, 5) is 15.6. The molecule has 1 unspecified atom stereocenters. The average Bonchev–Trinajstić information content (AvgIpc) is 2.49. The van der Waals surface area contributed by atoms with E-state index in [0.717, 1.165) is 28.8 Å². The number of aromatic nitrogens is 1. The fraction of sp³-hybridized carbons (Fsp3) is 0.333. The molecule has 1 atom stereocenters. The highest BCUT2D eigenvalue weighted by Gasteiger charge is 2.18. The molecular formula is C15H17N3O2. The normalized spacial score (nSPS) is 18.6. The Morgan fingerprint density at radius 2 is 2.30 bits per heavy atom. The van der Waals surface area contributed by atoms with Gasteiger partial charge in [0.2, 0.25) is 5.91 Å². The summed E-state index contributed by atoms with van der Waals surface area (Å²) in [6.45, 7) is 0.646. The second-order valence-corrected chi connectivity index (χ2v) is 4.93. The van der Waals surface area contributed by atoms with E-state index in [1.807, 2.05) is 24.3 Å². The van der Waals surface area contributed by atoms with Gasteiger partial charge in [-0.05, 0) is 36.1 Å². The van der Waals surface area contributed by atoms with Crippen LogP contribution in [0.15, 0.2) is 30.5 Å². The first-order chi connectivity index (χ1) is 9.76. The van der Waals surface area contributed by atoms with Gasteiger partial charge in [-0.1, -0.05) is 0 Å². The van der Waals surface area contributed by atoms with Crippen molar-refractivity contribution < 1.29 is 9.53 Å². The second-order valence-electron chi connectivity index (χ2n) is 4.93. The van der Waals surface area contributed by atoms with E-state index in [-0.39, 0.29) is 11.9 Å². The fourth-order valence-electron chi connectivity index (χ4n) is 2.45. The third kappa shape index (κ3) is 2.52. The maximum atomic E-state index is 11.2. The standard InChI is InChI=1S/C15H17N3O2/c1-20-12-3-4-13-10(8-12)6-7-16-15(13)18-11-2-5-14(19)17-9-11/h3-4,6-8,11H,2,5,9H2,1H3,(H,16,18)(H,17,19). The van der Waals surface area contributed by atoms with E-state index in [9.17, 15) is 4.79 Å². The Morgan fingerprint density at radius 3 is 3.05 bits per heavy atom. The summed E-state index contributed by atoms with van der Waals surface area (Å²) in [5.74, 6) is 1.81. The Hall–Kier alpha value is -2.30. The minimum Gasteiger partial charge on any atom is -0.497 e. The Kier molecular flexibility index (Phi) is 3.41. The van der Waals surface area contributed by atoms with Crippen molar-refractivity contribution in [1.82, 2.24) is 10.3 Å². The molecule has 1 aromatic heterocycles. The van der Waals surface area contributed by atoms with Crippen molar-refractivity contribution in [1.29, 1.82) is 0 Å². The van der Waals surface area contributed by atoms with Crippen LogP contribution in [0.25, 0.3) is 10.8 Å². The topological polar surface area (TPSA) is 63.2 Å². The quantitative estimate of drug-likeness (QED) is 0.895. The first-order valence-corrected chi connectivity index (χ1v) is 6.72. The molecule has 0 aliphatic carbocycles. The number of carbonyl (C=O) groups is 1. The largest absolute Gasteiger partial charge is 0.497 e. The molecule has 0 bridgehead atoms. The van der Waals surface area contributed by atoms with Crippen LogP contribution in [-0.2, 0) is 4.79 Å². The number of amides is 1. The molecule has 0 saturated carbocycles. The summed E-state index contributed by atoms with van der Waals surface area (Å²) in [7, 11) is 1.66. The number of methoxy groups -OCH3 is 1. The summed E-state index contributed by atoms with van der Waals surface area (Å²) in [6.07, 6.45) is 3.18. The third-order valence-corrected chi connectivity index (χ3v) is 3.58. The highest BCUT2D eigenvalue weighted by molar-refractivity contribution is 5.92. The van der Waals surface area contributed by atoms with E-state index < -0.39 is 0 Å². The van der Waals surface area contributed by atoms with Crippen molar-refractivity contribution >= 4 is 22.5 Å². The van der Waals surface area contributed by atoms with Gasteiger partial charge < -0.3 is 15.4 Å². The van der Waals surface area contributed by atoms with Gasteiger partial charge >= 0.3 is 0 Å². The van der Waals surface area contributed by atoms with E-state index in [1.54, 1.807) is 13.3 Å². The predicted molar refractivity (Wildman–Crippen MR) is 77.9 cm³/mol.